The summed E-state index contributed by atoms with van der Waals surface area (Å²) in [4.78, 5) is 0. The minimum atomic E-state index is -4.60. The molecule has 132 valence electrons. The molecular formula is C19H21F5. The average molecular weight is 344 g/mol. The highest BCUT2D eigenvalue weighted by atomic mass is 19.4. The van der Waals surface area contributed by atoms with Gasteiger partial charge in [0.05, 0.1) is 0 Å². The smallest absolute Gasteiger partial charge is 0.206 e. The summed E-state index contributed by atoms with van der Waals surface area (Å²) in [6, 6.07) is 2.27. The van der Waals surface area contributed by atoms with Crippen LogP contribution in [0, 0.1) is 23.5 Å². The van der Waals surface area contributed by atoms with Gasteiger partial charge in [-0.2, -0.15) is 13.2 Å². The number of allylic oxidation sites excluding steroid dienone is 2. The molecule has 0 atom stereocenters. The van der Waals surface area contributed by atoms with Gasteiger partial charge in [-0.3, -0.25) is 0 Å². The van der Waals surface area contributed by atoms with Crippen molar-refractivity contribution in [3.63, 3.8) is 0 Å². The van der Waals surface area contributed by atoms with Crippen molar-refractivity contribution in [1.29, 1.82) is 0 Å². The fourth-order valence-electron chi connectivity index (χ4n) is 3.20. The van der Waals surface area contributed by atoms with E-state index in [4.69, 9.17) is 0 Å². The van der Waals surface area contributed by atoms with Crippen LogP contribution in [0.3, 0.4) is 0 Å². The van der Waals surface area contributed by atoms with Gasteiger partial charge in [0.15, 0.2) is 0 Å². The van der Waals surface area contributed by atoms with Crippen molar-refractivity contribution in [2.75, 3.05) is 0 Å². The minimum Gasteiger partial charge on any atom is -0.206 e. The van der Waals surface area contributed by atoms with Crippen LogP contribution in [-0.2, 0) is 6.42 Å². The van der Waals surface area contributed by atoms with Crippen molar-refractivity contribution in [1.82, 2.24) is 0 Å². The monoisotopic (exact) mass is 344 g/mol. The van der Waals surface area contributed by atoms with Crippen molar-refractivity contribution >= 4 is 6.08 Å². The number of hydrogen-bond acceptors (Lipinski definition) is 0. The second-order valence-corrected chi connectivity index (χ2v) is 6.40. The van der Waals surface area contributed by atoms with Crippen LogP contribution in [0.4, 0.5) is 22.0 Å². The number of aryl methyl sites for hydroxylation is 1. The van der Waals surface area contributed by atoms with E-state index in [0.717, 1.165) is 44.2 Å². The number of hydrogen-bond donors (Lipinski definition) is 0. The Kier molecular flexibility index (Phi) is 6.19. The standard InChI is InChI=1S/C19H21F5/c1-2-13-3-5-14(6-4-13)7-8-15-11-17(20)16(18(21)12-15)9-10-19(22,23)24/h2,9-14H,1,3-8H2/b10-9+. The van der Waals surface area contributed by atoms with Gasteiger partial charge in [-0.25, -0.2) is 8.78 Å². The van der Waals surface area contributed by atoms with E-state index in [9.17, 15) is 22.0 Å². The molecule has 1 saturated carbocycles. The minimum absolute atomic E-state index is 0.160. The SMILES string of the molecule is C=CC1CCC(CCc2cc(F)c(/C=C/C(F)(F)F)c(F)c2)CC1. The van der Waals surface area contributed by atoms with E-state index in [1.54, 1.807) is 0 Å². The third-order valence-electron chi connectivity index (χ3n) is 4.64. The van der Waals surface area contributed by atoms with Gasteiger partial charge in [0, 0.05) is 11.6 Å². The van der Waals surface area contributed by atoms with Crippen molar-refractivity contribution in [2.45, 2.75) is 44.7 Å². The summed E-state index contributed by atoms with van der Waals surface area (Å²) in [5.74, 6) is -0.824. The predicted octanol–water partition coefficient (Wildman–Crippen LogP) is 6.47. The second-order valence-electron chi connectivity index (χ2n) is 6.40. The summed E-state index contributed by atoms with van der Waals surface area (Å²) in [7, 11) is 0. The lowest BCUT2D eigenvalue weighted by Gasteiger charge is -2.26. The first-order valence-corrected chi connectivity index (χ1v) is 8.15. The first-order valence-electron chi connectivity index (χ1n) is 8.15. The summed E-state index contributed by atoms with van der Waals surface area (Å²) >= 11 is 0. The Hall–Kier alpha value is -1.65. The Morgan fingerprint density at radius 1 is 1.04 bits per heavy atom. The van der Waals surface area contributed by atoms with Gasteiger partial charge in [0.1, 0.15) is 11.6 Å². The molecule has 0 aromatic heterocycles. The molecule has 0 bridgehead atoms. The zero-order valence-corrected chi connectivity index (χ0v) is 13.4. The Morgan fingerprint density at radius 2 is 1.62 bits per heavy atom. The molecular weight excluding hydrogens is 323 g/mol. The quantitative estimate of drug-likeness (QED) is 0.424. The maximum Gasteiger partial charge on any atom is 0.409 e. The molecule has 1 aromatic carbocycles. The van der Waals surface area contributed by atoms with E-state index in [-0.39, 0.29) is 6.08 Å². The average Bonchev–Trinajstić information content (AvgIpc) is 2.51. The van der Waals surface area contributed by atoms with Gasteiger partial charge in [0.25, 0.3) is 0 Å². The zero-order valence-electron chi connectivity index (χ0n) is 13.4. The van der Waals surface area contributed by atoms with Crippen LogP contribution < -0.4 is 0 Å². The molecule has 0 amide bonds. The zero-order chi connectivity index (χ0) is 17.7. The van der Waals surface area contributed by atoms with E-state index in [1.165, 1.54) is 0 Å². The number of halogens is 5. The molecule has 0 N–H and O–H groups in total. The van der Waals surface area contributed by atoms with E-state index >= 15 is 0 Å². The molecule has 24 heavy (non-hydrogen) atoms. The third-order valence-corrected chi connectivity index (χ3v) is 4.64. The molecule has 1 fully saturated rings. The molecule has 0 aliphatic heterocycles. The molecule has 5 heteroatoms. The lowest BCUT2D eigenvalue weighted by Crippen LogP contribution is -2.13. The van der Waals surface area contributed by atoms with Crippen molar-refractivity contribution < 1.29 is 22.0 Å². The van der Waals surface area contributed by atoms with Crippen molar-refractivity contribution in [3.8, 4) is 0 Å². The Morgan fingerprint density at radius 3 is 2.12 bits per heavy atom. The van der Waals surface area contributed by atoms with Gasteiger partial charge in [-0.15, -0.1) is 6.58 Å². The Bertz CT molecular complexity index is 569. The molecule has 0 saturated heterocycles. The van der Waals surface area contributed by atoms with Gasteiger partial charge >= 0.3 is 6.18 Å². The molecule has 1 aliphatic rings. The van der Waals surface area contributed by atoms with Crippen molar-refractivity contribution in [3.05, 3.63) is 53.6 Å². The normalized spacial score (nSPS) is 22.0. The topological polar surface area (TPSA) is 0 Å². The van der Waals surface area contributed by atoms with E-state index in [2.05, 4.69) is 6.58 Å². The third kappa shape index (κ3) is 5.46. The first-order chi connectivity index (χ1) is 11.3. The molecule has 1 aliphatic carbocycles. The highest BCUT2D eigenvalue weighted by Crippen LogP contribution is 2.32. The lowest BCUT2D eigenvalue weighted by molar-refractivity contribution is -0.0790. The maximum absolute atomic E-state index is 13.9. The van der Waals surface area contributed by atoms with Crippen LogP contribution in [0.1, 0.15) is 43.2 Å². The molecule has 0 nitrogen and oxygen atoms in total. The predicted molar refractivity (Wildman–Crippen MR) is 85.4 cm³/mol. The van der Waals surface area contributed by atoms with Gasteiger partial charge in [-0.05, 0) is 74.1 Å². The number of benzene rings is 1. The summed E-state index contributed by atoms with van der Waals surface area (Å²) in [6.07, 6.45) is 3.37. The number of alkyl halides is 3. The summed E-state index contributed by atoms with van der Waals surface area (Å²) < 4.78 is 64.1. The van der Waals surface area contributed by atoms with Crippen LogP contribution in [0.5, 0.6) is 0 Å². The van der Waals surface area contributed by atoms with E-state index in [1.807, 2.05) is 6.08 Å². The van der Waals surface area contributed by atoms with Crippen LogP contribution in [0.15, 0.2) is 30.9 Å². The van der Waals surface area contributed by atoms with Crippen molar-refractivity contribution in [2.24, 2.45) is 11.8 Å². The molecule has 0 heterocycles. The Balaban J connectivity index is 1.98. The van der Waals surface area contributed by atoms with Crippen LogP contribution >= 0.6 is 0 Å². The molecule has 0 spiro atoms. The summed E-state index contributed by atoms with van der Waals surface area (Å²) in [5, 5.41) is 0. The van der Waals surface area contributed by atoms with Gasteiger partial charge in [0.2, 0.25) is 0 Å². The first kappa shape index (κ1) is 18.7. The summed E-state index contributed by atoms with van der Waals surface area (Å²) in [6.45, 7) is 3.80. The van der Waals surface area contributed by atoms with Gasteiger partial charge in [-0.1, -0.05) is 6.08 Å². The highest BCUT2D eigenvalue weighted by molar-refractivity contribution is 5.52. The lowest BCUT2D eigenvalue weighted by atomic mass is 9.79. The van der Waals surface area contributed by atoms with Crippen LogP contribution in [0.25, 0.3) is 6.08 Å². The van der Waals surface area contributed by atoms with E-state index < -0.39 is 23.4 Å². The molecule has 1 aromatic rings. The van der Waals surface area contributed by atoms with E-state index in [0.29, 0.717) is 29.9 Å². The largest absolute Gasteiger partial charge is 0.409 e. The van der Waals surface area contributed by atoms with Crippen LogP contribution in [-0.4, -0.2) is 6.18 Å². The maximum atomic E-state index is 13.9. The molecule has 2 rings (SSSR count). The number of rotatable bonds is 5. The fraction of sp³-hybridized carbons (Fsp3) is 0.474. The van der Waals surface area contributed by atoms with Crippen LogP contribution in [0.2, 0.25) is 0 Å². The fourth-order valence-corrected chi connectivity index (χ4v) is 3.20. The molecule has 0 unspecified atom stereocenters. The highest BCUT2D eigenvalue weighted by Gasteiger charge is 2.23. The summed E-state index contributed by atoms with van der Waals surface area (Å²) in [5.41, 5.74) is -0.164. The molecule has 0 radical (unpaired) electrons. The Labute approximate surface area is 139 Å². The second kappa shape index (κ2) is 7.95. The van der Waals surface area contributed by atoms with Gasteiger partial charge < -0.3 is 0 Å².